The highest BCUT2D eigenvalue weighted by molar-refractivity contribution is 5.21. The molecule has 0 saturated carbocycles. The maximum atomic E-state index is 10.5. The first-order valence-electron chi connectivity index (χ1n) is 6.50. The van der Waals surface area contributed by atoms with Crippen LogP contribution in [0, 0.1) is 0 Å². The van der Waals surface area contributed by atoms with Gasteiger partial charge in [-0.1, -0.05) is 60.7 Å². The lowest BCUT2D eigenvalue weighted by Crippen LogP contribution is -2.21. The van der Waals surface area contributed by atoms with Crippen LogP contribution in [0.2, 0.25) is 0 Å². The Hall–Kier alpha value is -1.60. The normalized spacial score (nSPS) is 14.1. The predicted octanol–water partition coefficient (Wildman–Crippen LogP) is 3.92. The molecule has 0 unspecified atom stereocenters. The average molecular weight is 240 g/mol. The van der Waals surface area contributed by atoms with Gasteiger partial charge in [0.2, 0.25) is 0 Å². The fraction of sp³-hybridized carbons (Fsp3) is 0.294. The maximum Gasteiger partial charge on any atom is 0.0868 e. The van der Waals surface area contributed by atoms with Crippen molar-refractivity contribution in [2.45, 2.75) is 31.8 Å². The number of benzene rings is 2. The highest BCUT2D eigenvalue weighted by Crippen LogP contribution is 2.26. The van der Waals surface area contributed by atoms with E-state index < -0.39 is 5.60 Å². The lowest BCUT2D eigenvalue weighted by molar-refractivity contribution is 0.0457. The molecule has 0 aliphatic rings. The van der Waals surface area contributed by atoms with Gasteiger partial charge in [0.1, 0.15) is 0 Å². The minimum absolute atomic E-state index is 0.726. The van der Waals surface area contributed by atoms with E-state index in [1.165, 1.54) is 5.56 Å². The molecular formula is C17H20O. The van der Waals surface area contributed by atoms with Gasteiger partial charge in [-0.2, -0.15) is 0 Å². The van der Waals surface area contributed by atoms with Crippen molar-refractivity contribution >= 4 is 0 Å². The lowest BCUT2D eigenvalue weighted by Gasteiger charge is -2.23. The molecule has 94 valence electrons. The molecule has 0 aliphatic carbocycles. The lowest BCUT2D eigenvalue weighted by atomic mass is 9.90. The van der Waals surface area contributed by atoms with Gasteiger partial charge in [-0.3, -0.25) is 0 Å². The van der Waals surface area contributed by atoms with E-state index >= 15 is 0 Å². The first-order valence-corrected chi connectivity index (χ1v) is 6.50. The summed E-state index contributed by atoms with van der Waals surface area (Å²) in [5.41, 5.74) is 1.61. The molecule has 0 fully saturated rings. The second kappa shape index (κ2) is 5.83. The van der Waals surface area contributed by atoms with Crippen molar-refractivity contribution in [1.82, 2.24) is 0 Å². The molecule has 1 nitrogen and oxygen atoms in total. The van der Waals surface area contributed by atoms with Crippen LogP contribution in [0.15, 0.2) is 60.7 Å². The fourth-order valence-corrected chi connectivity index (χ4v) is 2.22. The van der Waals surface area contributed by atoms with Gasteiger partial charge in [-0.15, -0.1) is 0 Å². The number of hydrogen-bond donors (Lipinski definition) is 1. The van der Waals surface area contributed by atoms with Gasteiger partial charge in [0.05, 0.1) is 5.60 Å². The zero-order valence-electron chi connectivity index (χ0n) is 10.8. The van der Waals surface area contributed by atoms with E-state index in [4.69, 9.17) is 0 Å². The van der Waals surface area contributed by atoms with Crippen molar-refractivity contribution in [2.75, 3.05) is 0 Å². The number of aryl methyl sites for hydroxylation is 1. The molecule has 0 radical (unpaired) electrons. The Bertz CT molecular complexity index is 459. The first-order chi connectivity index (χ1) is 8.68. The molecule has 0 heterocycles. The molecule has 0 aliphatic heterocycles. The largest absolute Gasteiger partial charge is 0.385 e. The monoisotopic (exact) mass is 240 g/mol. The summed E-state index contributed by atoms with van der Waals surface area (Å²) < 4.78 is 0. The smallest absolute Gasteiger partial charge is 0.0868 e. The quantitative estimate of drug-likeness (QED) is 0.840. The van der Waals surface area contributed by atoms with Gasteiger partial charge in [-0.05, 0) is 37.3 Å². The summed E-state index contributed by atoms with van der Waals surface area (Å²) in [6, 6.07) is 20.3. The van der Waals surface area contributed by atoms with Crippen LogP contribution in [-0.4, -0.2) is 5.11 Å². The van der Waals surface area contributed by atoms with Crippen LogP contribution in [0.25, 0.3) is 0 Å². The van der Waals surface area contributed by atoms with Crippen molar-refractivity contribution < 1.29 is 5.11 Å². The Morgan fingerprint density at radius 2 is 1.44 bits per heavy atom. The summed E-state index contributed by atoms with van der Waals surface area (Å²) >= 11 is 0. The highest BCUT2D eigenvalue weighted by Gasteiger charge is 2.21. The molecule has 18 heavy (non-hydrogen) atoms. The summed E-state index contributed by atoms with van der Waals surface area (Å²) in [6.45, 7) is 1.90. The standard InChI is InChI=1S/C17H20O/c1-17(18,16-12-6-3-7-13-16)14-8-11-15-9-4-2-5-10-15/h2-7,9-10,12-13,18H,8,11,14H2,1H3/t17-/m1/s1. The molecule has 1 N–H and O–H groups in total. The number of aliphatic hydroxyl groups is 1. The summed E-state index contributed by atoms with van der Waals surface area (Å²) in [5.74, 6) is 0. The van der Waals surface area contributed by atoms with Crippen molar-refractivity contribution in [2.24, 2.45) is 0 Å². The third-order valence-electron chi connectivity index (χ3n) is 3.37. The molecule has 1 heteroatoms. The Morgan fingerprint density at radius 1 is 0.889 bits per heavy atom. The Morgan fingerprint density at radius 3 is 2.06 bits per heavy atom. The molecule has 0 aromatic heterocycles. The van der Waals surface area contributed by atoms with Gasteiger partial charge in [0, 0.05) is 0 Å². The fourth-order valence-electron chi connectivity index (χ4n) is 2.22. The third-order valence-corrected chi connectivity index (χ3v) is 3.37. The minimum atomic E-state index is -0.726. The van der Waals surface area contributed by atoms with Crippen LogP contribution < -0.4 is 0 Å². The first kappa shape index (κ1) is 12.8. The molecule has 0 spiro atoms. The summed E-state index contributed by atoms with van der Waals surface area (Å²) in [5, 5.41) is 10.5. The number of hydrogen-bond acceptors (Lipinski definition) is 1. The van der Waals surface area contributed by atoms with Crippen LogP contribution in [0.4, 0.5) is 0 Å². The second-order valence-corrected chi connectivity index (χ2v) is 4.98. The summed E-state index contributed by atoms with van der Waals surface area (Å²) in [7, 11) is 0. The van der Waals surface area contributed by atoms with E-state index in [0.29, 0.717) is 0 Å². The van der Waals surface area contributed by atoms with E-state index in [9.17, 15) is 5.11 Å². The van der Waals surface area contributed by atoms with Gasteiger partial charge in [0.15, 0.2) is 0 Å². The predicted molar refractivity (Wildman–Crippen MR) is 75.4 cm³/mol. The van der Waals surface area contributed by atoms with E-state index in [2.05, 4.69) is 24.3 Å². The SMILES string of the molecule is C[C@@](O)(CCCc1ccccc1)c1ccccc1. The molecule has 2 aromatic carbocycles. The maximum absolute atomic E-state index is 10.5. The Kier molecular flexibility index (Phi) is 4.16. The molecule has 0 amide bonds. The van der Waals surface area contributed by atoms with E-state index in [-0.39, 0.29) is 0 Å². The molecule has 0 bridgehead atoms. The van der Waals surface area contributed by atoms with Crippen LogP contribution in [0.3, 0.4) is 0 Å². The molecule has 2 rings (SSSR count). The van der Waals surface area contributed by atoms with Crippen LogP contribution in [0.1, 0.15) is 30.9 Å². The van der Waals surface area contributed by atoms with E-state index in [0.717, 1.165) is 24.8 Å². The number of rotatable bonds is 5. The second-order valence-electron chi connectivity index (χ2n) is 4.98. The Balaban J connectivity index is 1.90. The molecular weight excluding hydrogens is 220 g/mol. The zero-order valence-corrected chi connectivity index (χ0v) is 10.8. The molecule has 0 saturated heterocycles. The topological polar surface area (TPSA) is 20.2 Å². The van der Waals surface area contributed by atoms with E-state index in [1.807, 2.05) is 43.3 Å². The molecule has 2 aromatic rings. The Labute approximate surface area is 109 Å². The van der Waals surface area contributed by atoms with Crippen molar-refractivity contribution in [1.29, 1.82) is 0 Å². The third kappa shape index (κ3) is 3.44. The van der Waals surface area contributed by atoms with Crippen molar-refractivity contribution in [3.8, 4) is 0 Å². The highest BCUT2D eigenvalue weighted by atomic mass is 16.3. The van der Waals surface area contributed by atoms with Gasteiger partial charge in [-0.25, -0.2) is 0 Å². The van der Waals surface area contributed by atoms with Crippen molar-refractivity contribution in [3.63, 3.8) is 0 Å². The van der Waals surface area contributed by atoms with E-state index in [1.54, 1.807) is 0 Å². The average Bonchev–Trinajstić information content (AvgIpc) is 2.41. The van der Waals surface area contributed by atoms with Gasteiger partial charge < -0.3 is 5.11 Å². The van der Waals surface area contributed by atoms with Gasteiger partial charge in [0.25, 0.3) is 0 Å². The summed E-state index contributed by atoms with van der Waals surface area (Å²) in [4.78, 5) is 0. The summed E-state index contributed by atoms with van der Waals surface area (Å²) in [6.07, 6.45) is 2.79. The zero-order chi connectivity index (χ0) is 12.8. The minimum Gasteiger partial charge on any atom is -0.385 e. The van der Waals surface area contributed by atoms with Crippen LogP contribution >= 0.6 is 0 Å². The van der Waals surface area contributed by atoms with Crippen LogP contribution in [0.5, 0.6) is 0 Å². The van der Waals surface area contributed by atoms with Crippen LogP contribution in [-0.2, 0) is 12.0 Å². The van der Waals surface area contributed by atoms with Gasteiger partial charge >= 0.3 is 0 Å². The molecule has 1 atom stereocenters. The van der Waals surface area contributed by atoms with Crippen molar-refractivity contribution in [3.05, 3.63) is 71.8 Å².